The van der Waals surface area contributed by atoms with Crippen LogP contribution in [-0.2, 0) is 23.3 Å². The average Bonchev–Trinajstić information content (AvgIpc) is 3.16. The molecule has 0 bridgehead atoms. The fourth-order valence-electron chi connectivity index (χ4n) is 2.22. The zero-order valence-electron chi connectivity index (χ0n) is 11.9. The first-order chi connectivity index (χ1) is 10.4. The SMILES string of the molecule is CCc1nnc(CN2C(=O)N[C@](C)(c3ccc(Cl)s3)C2=O)o1. The van der Waals surface area contributed by atoms with Gasteiger partial charge >= 0.3 is 6.03 Å². The van der Waals surface area contributed by atoms with Crippen molar-refractivity contribution in [2.75, 3.05) is 0 Å². The van der Waals surface area contributed by atoms with Crippen molar-refractivity contribution in [2.45, 2.75) is 32.4 Å². The Morgan fingerprint density at radius 1 is 1.36 bits per heavy atom. The maximum Gasteiger partial charge on any atom is 0.325 e. The van der Waals surface area contributed by atoms with Gasteiger partial charge in [-0.2, -0.15) is 0 Å². The fourth-order valence-corrected chi connectivity index (χ4v) is 3.36. The molecule has 2 aromatic rings. The average molecular weight is 341 g/mol. The maximum atomic E-state index is 12.6. The number of urea groups is 1. The van der Waals surface area contributed by atoms with Gasteiger partial charge in [0, 0.05) is 11.3 Å². The first-order valence-electron chi connectivity index (χ1n) is 6.65. The van der Waals surface area contributed by atoms with Gasteiger partial charge in [-0.1, -0.05) is 18.5 Å². The van der Waals surface area contributed by atoms with Crippen molar-refractivity contribution in [3.05, 3.63) is 33.1 Å². The number of hydrogen-bond donors (Lipinski definition) is 1. The Bertz CT molecular complexity index is 743. The van der Waals surface area contributed by atoms with Gasteiger partial charge in [0.15, 0.2) is 5.54 Å². The zero-order valence-corrected chi connectivity index (χ0v) is 13.5. The molecule has 3 rings (SSSR count). The molecule has 3 amide bonds. The van der Waals surface area contributed by atoms with Gasteiger partial charge in [-0.05, 0) is 19.1 Å². The van der Waals surface area contributed by atoms with Crippen molar-refractivity contribution >= 4 is 34.9 Å². The number of aromatic nitrogens is 2. The van der Waals surface area contributed by atoms with Crippen LogP contribution in [0.5, 0.6) is 0 Å². The monoisotopic (exact) mass is 340 g/mol. The van der Waals surface area contributed by atoms with Crippen LogP contribution >= 0.6 is 22.9 Å². The smallest absolute Gasteiger partial charge is 0.325 e. The van der Waals surface area contributed by atoms with Crippen LogP contribution < -0.4 is 5.32 Å². The zero-order chi connectivity index (χ0) is 15.9. The number of imide groups is 1. The van der Waals surface area contributed by atoms with Gasteiger partial charge in [0.25, 0.3) is 5.91 Å². The molecule has 1 saturated heterocycles. The standard InChI is InChI=1S/C13H13ClN4O3S/c1-3-9-16-17-10(21-9)6-18-11(19)13(2,15-12(18)20)7-4-5-8(14)22-7/h4-5H,3,6H2,1-2H3,(H,15,20)/t13-/m1/s1. The van der Waals surface area contributed by atoms with E-state index < -0.39 is 11.6 Å². The summed E-state index contributed by atoms with van der Waals surface area (Å²) in [6.07, 6.45) is 0.596. The molecular weight excluding hydrogens is 328 g/mol. The van der Waals surface area contributed by atoms with E-state index >= 15 is 0 Å². The van der Waals surface area contributed by atoms with E-state index in [1.807, 2.05) is 6.92 Å². The fraction of sp³-hybridized carbons (Fsp3) is 0.385. The number of rotatable bonds is 4. The lowest BCUT2D eigenvalue weighted by Crippen LogP contribution is -2.40. The highest BCUT2D eigenvalue weighted by atomic mass is 35.5. The minimum absolute atomic E-state index is 0.0492. The molecule has 7 nitrogen and oxygen atoms in total. The molecule has 0 radical (unpaired) electrons. The van der Waals surface area contributed by atoms with Crippen LogP contribution in [0.3, 0.4) is 0 Å². The van der Waals surface area contributed by atoms with E-state index in [4.69, 9.17) is 16.0 Å². The largest absolute Gasteiger partial charge is 0.423 e. The first-order valence-corrected chi connectivity index (χ1v) is 7.84. The summed E-state index contributed by atoms with van der Waals surface area (Å²) in [5.41, 5.74) is -1.12. The number of thiophene rings is 1. The van der Waals surface area contributed by atoms with Gasteiger partial charge in [-0.15, -0.1) is 21.5 Å². The summed E-state index contributed by atoms with van der Waals surface area (Å²) in [6, 6.07) is 2.94. The second-order valence-electron chi connectivity index (χ2n) is 4.99. The number of carbonyl (C=O) groups excluding carboxylic acids is 2. The molecule has 0 spiro atoms. The summed E-state index contributed by atoms with van der Waals surface area (Å²) in [7, 11) is 0. The Balaban J connectivity index is 1.85. The molecule has 116 valence electrons. The van der Waals surface area contributed by atoms with Crippen LogP contribution in [0.25, 0.3) is 0 Å². The Morgan fingerprint density at radius 2 is 2.09 bits per heavy atom. The number of carbonyl (C=O) groups is 2. The molecule has 0 unspecified atom stereocenters. The highest BCUT2D eigenvalue weighted by molar-refractivity contribution is 7.16. The molecule has 1 fully saturated rings. The third-order valence-electron chi connectivity index (χ3n) is 3.45. The molecule has 3 heterocycles. The van der Waals surface area contributed by atoms with E-state index in [1.165, 1.54) is 11.3 Å². The van der Waals surface area contributed by atoms with Crippen LogP contribution in [0.4, 0.5) is 4.79 Å². The Kier molecular flexibility index (Phi) is 3.65. The lowest BCUT2D eigenvalue weighted by Gasteiger charge is -2.19. The van der Waals surface area contributed by atoms with E-state index in [9.17, 15) is 9.59 Å². The van der Waals surface area contributed by atoms with Crippen LogP contribution in [0.15, 0.2) is 16.5 Å². The summed E-state index contributed by atoms with van der Waals surface area (Å²) in [4.78, 5) is 26.5. The third-order valence-corrected chi connectivity index (χ3v) is 4.90. The minimum atomic E-state index is -1.12. The van der Waals surface area contributed by atoms with Gasteiger partial charge in [0.1, 0.15) is 6.54 Å². The molecule has 0 saturated carbocycles. The molecule has 22 heavy (non-hydrogen) atoms. The van der Waals surface area contributed by atoms with E-state index in [2.05, 4.69) is 15.5 Å². The number of amides is 3. The van der Waals surface area contributed by atoms with Crippen molar-refractivity contribution in [3.63, 3.8) is 0 Å². The lowest BCUT2D eigenvalue weighted by atomic mass is 10.0. The first kappa shape index (κ1) is 15.0. The number of hydrogen-bond acceptors (Lipinski definition) is 6. The Labute approximate surface area is 135 Å². The molecular formula is C13H13ClN4O3S. The van der Waals surface area contributed by atoms with Gasteiger partial charge < -0.3 is 9.73 Å². The van der Waals surface area contributed by atoms with E-state index in [0.29, 0.717) is 21.5 Å². The Hall–Kier alpha value is -1.93. The molecule has 1 atom stereocenters. The predicted octanol–water partition coefficient (Wildman–Crippen LogP) is 2.31. The van der Waals surface area contributed by atoms with Crippen molar-refractivity contribution < 1.29 is 14.0 Å². The quantitative estimate of drug-likeness (QED) is 0.863. The molecule has 1 aliphatic heterocycles. The Morgan fingerprint density at radius 3 is 2.68 bits per heavy atom. The van der Waals surface area contributed by atoms with Gasteiger partial charge in [0.2, 0.25) is 11.8 Å². The number of nitrogens with zero attached hydrogens (tertiary/aromatic N) is 3. The molecule has 0 aliphatic carbocycles. The highest BCUT2D eigenvalue weighted by Gasteiger charge is 2.50. The van der Waals surface area contributed by atoms with Gasteiger partial charge in [0.05, 0.1) is 4.34 Å². The second-order valence-corrected chi connectivity index (χ2v) is 6.71. The summed E-state index contributed by atoms with van der Waals surface area (Å²) < 4.78 is 5.91. The van der Waals surface area contributed by atoms with Crippen LogP contribution in [0.1, 0.15) is 30.5 Å². The van der Waals surface area contributed by atoms with Crippen molar-refractivity contribution in [1.82, 2.24) is 20.4 Å². The van der Waals surface area contributed by atoms with Crippen molar-refractivity contribution in [1.29, 1.82) is 0 Å². The minimum Gasteiger partial charge on any atom is -0.423 e. The summed E-state index contributed by atoms with van der Waals surface area (Å²) in [5.74, 6) is 0.330. The third kappa shape index (κ3) is 2.38. The normalized spacial score (nSPS) is 21.5. The molecule has 2 aromatic heterocycles. The number of nitrogens with one attached hydrogen (secondary N) is 1. The van der Waals surface area contributed by atoms with Crippen molar-refractivity contribution in [2.24, 2.45) is 0 Å². The molecule has 1 aliphatic rings. The van der Waals surface area contributed by atoms with Crippen LogP contribution in [-0.4, -0.2) is 27.0 Å². The lowest BCUT2D eigenvalue weighted by molar-refractivity contribution is -0.131. The molecule has 0 aromatic carbocycles. The van der Waals surface area contributed by atoms with Crippen LogP contribution in [0.2, 0.25) is 4.34 Å². The summed E-state index contributed by atoms with van der Waals surface area (Å²) >= 11 is 7.17. The van der Waals surface area contributed by atoms with Crippen LogP contribution in [0, 0.1) is 0 Å². The predicted molar refractivity (Wildman–Crippen MR) is 79.4 cm³/mol. The summed E-state index contributed by atoms with van der Waals surface area (Å²) in [5, 5.41) is 10.4. The van der Waals surface area contributed by atoms with E-state index in [-0.39, 0.29) is 18.3 Å². The van der Waals surface area contributed by atoms with E-state index in [0.717, 1.165) is 4.90 Å². The molecule has 9 heteroatoms. The van der Waals surface area contributed by atoms with Gasteiger partial charge in [-0.3, -0.25) is 9.69 Å². The highest BCUT2D eigenvalue weighted by Crippen LogP contribution is 2.35. The topological polar surface area (TPSA) is 88.3 Å². The van der Waals surface area contributed by atoms with Gasteiger partial charge in [-0.25, -0.2) is 4.79 Å². The van der Waals surface area contributed by atoms with Crippen molar-refractivity contribution in [3.8, 4) is 0 Å². The molecule has 1 N–H and O–H groups in total. The number of aryl methyl sites for hydroxylation is 1. The summed E-state index contributed by atoms with van der Waals surface area (Å²) in [6.45, 7) is 3.48. The second kappa shape index (κ2) is 5.36. The maximum absolute atomic E-state index is 12.6. The number of halogens is 1. The van der Waals surface area contributed by atoms with E-state index in [1.54, 1.807) is 19.1 Å².